The van der Waals surface area contributed by atoms with E-state index >= 15 is 0 Å². The van der Waals surface area contributed by atoms with Gasteiger partial charge in [0.15, 0.2) is 0 Å². The number of methoxy groups -OCH3 is 2. The van der Waals surface area contributed by atoms with Gasteiger partial charge in [-0.25, -0.2) is 9.97 Å². The van der Waals surface area contributed by atoms with E-state index in [2.05, 4.69) is 9.97 Å². The van der Waals surface area contributed by atoms with Gasteiger partial charge in [0, 0.05) is 34.8 Å². The molecule has 0 aliphatic rings. The van der Waals surface area contributed by atoms with Gasteiger partial charge in [0.05, 0.1) is 14.2 Å². The molecule has 0 aliphatic carbocycles. The van der Waals surface area contributed by atoms with Gasteiger partial charge in [-0.05, 0) is 18.2 Å². The van der Waals surface area contributed by atoms with E-state index in [0.29, 0.717) is 23.1 Å². The monoisotopic (exact) mass is 293 g/mol. The van der Waals surface area contributed by atoms with Crippen LogP contribution in [0.1, 0.15) is 17.3 Å². The lowest BCUT2D eigenvalue weighted by Crippen LogP contribution is -2.15. The zero-order valence-corrected chi connectivity index (χ0v) is 12.1. The molecule has 0 amide bonds. The van der Waals surface area contributed by atoms with E-state index in [-0.39, 0.29) is 6.04 Å². The number of rotatable bonds is 5. The standard InChI is InChI=1S/C14H16ClN3O2/c1-19-13-4-3-9(15)5-11(13)12(16)6-10-7-14(20-2)18-8-17-10/h3-5,7-8,12H,6,16H2,1-2H3. The van der Waals surface area contributed by atoms with Crippen LogP contribution in [-0.4, -0.2) is 24.2 Å². The van der Waals surface area contributed by atoms with E-state index in [4.69, 9.17) is 26.8 Å². The zero-order valence-electron chi connectivity index (χ0n) is 11.3. The van der Waals surface area contributed by atoms with E-state index < -0.39 is 0 Å². The third-order valence-electron chi connectivity index (χ3n) is 2.93. The van der Waals surface area contributed by atoms with Crippen LogP contribution >= 0.6 is 11.6 Å². The first-order valence-corrected chi connectivity index (χ1v) is 6.45. The Morgan fingerprint density at radius 2 is 2.00 bits per heavy atom. The van der Waals surface area contributed by atoms with E-state index in [1.54, 1.807) is 32.4 Å². The molecule has 1 atom stereocenters. The van der Waals surface area contributed by atoms with Crippen LogP contribution in [0.3, 0.4) is 0 Å². The van der Waals surface area contributed by atoms with Gasteiger partial charge in [0.2, 0.25) is 5.88 Å². The number of nitrogens with two attached hydrogens (primary N) is 1. The summed E-state index contributed by atoms with van der Waals surface area (Å²) in [7, 11) is 3.17. The molecule has 0 saturated carbocycles. The van der Waals surface area contributed by atoms with Crippen molar-refractivity contribution in [2.24, 2.45) is 5.73 Å². The molecular formula is C14H16ClN3O2. The van der Waals surface area contributed by atoms with Gasteiger partial charge < -0.3 is 15.2 Å². The van der Waals surface area contributed by atoms with Gasteiger partial charge in [-0.15, -0.1) is 0 Å². The largest absolute Gasteiger partial charge is 0.496 e. The number of halogens is 1. The zero-order chi connectivity index (χ0) is 14.5. The minimum atomic E-state index is -0.275. The maximum Gasteiger partial charge on any atom is 0.216 e. The Hall–Kier alpha value is -1.85. The van der Waals surface area contributed by atoms with E-state index in [9.17, 15) is 0 Å². The molecule has 2 N–H and O–H groups in total. The number of hydrogen-bond donors (Lipinski definition) is 1. The Labute approximate surface area is 122 Å². The van der Waals surface area contributed by atoms with Crippen LogP contribution in [0.2, 0.25) is 5.02 Å². The molecule has 0 spiro atoms. The average molecular weight is 294 g/mol. The van der Waals surface area contributed by atoms with Crippen LogP contribution < -0.4 is 15.2 Å². The van der Waals surface area contributed by atoms with E-state index in [1.165, 1.54) is 6.33 Å². The van der Waals surface area contributed by atoms with Crippen molar-refractivity contribution in [3.63, 3.8) is 0 Å². The first-order valence-electron chi connectivity index (χ1n) is 6.08. The highest BCUT2D eigenvalue weighted by molar-refractivity contribution is 6.30. The first-order chi connectivity index (χ1) is 9.63. The summed E-state index contributed by atoms with van der Waals surface area (Å²) in [5.41, 5.74) is 7.87. The average Bonchev–Trinajstić information content (AvgIpc) is 2.47. The molecule has 2 aromatic rings. The second-order valence-electron chi connectivity index (χ2n) is 4.25. The summed E-state index contributed by atoms with van der Waals surface area (Å²) in [5.74, 6) is 1.23. The lowest BCUT2D eigenvalue weighted by molar-refractivity contribution is 0.395. The van der Waals surface area contributed by atoms with Crippen LogP contribution in [-0.2, 0) is 6.42 Å². The number of hydrogen-bond acceptors (Lipinski definition) is 5. The van der Waals surface area contributed by atoms with Crippen molar-refractivity contribution in [3.8, 4) is 11.6 Å². The van der Waals surface area contributed by atoms with E-state index in [1.807, 2.05) is 6.07 Å². The van der Waals surface area contributed by atoms with Crippen molar-refractivity contribution >= 4 is 11.6 Å². The van der Waals surface area contributed by atoms with Gasteiger partial charge in [0.1, 0.15) is 12.1 Å². The van der Waals surface area contributed by atoms with Gasteiger partial charge in [-0.3, -0.25) is 0 Å². The fraction of sp³-hybridized carbons (Fsp3) is 0.286. The Morgan fingerprint density at radius 1 is 1.20 bits per heavy atom. The molecule has 1 unspecified atom stereocenters. The highest BCUT2D eigenvalue weighted by Gasteiger charge is 2.14. The van der Waals surface area contributed by atoms with Gasteiger partial charge in [-0.1, -0.05) is 11.6 Å². The maximum atomic E-state index is 6.22. The first kappa shape index (κ1) is 14.6. The third kappa shape index (κ3) is 3.37. The topological polar surface area (TPSA) is 70.3 Å². The molecule has 1 heterocycles. The van der Waals surface area contributed by atoms with Crippen molar-refractivity contribution in [2.75, 3.05) is 14.2 Å². The quantitative estimate of drug-likeness (QED) is 0.916. The van der Waals surface area contributed by atoms with Crippen LogP contribution in [0.15, 0.2) is 30.6 Å². The van der Waals surface area contributed by atoms with Crippen molar-refractivity contribution in [3.05, 3.63) is 46.9 Å². The molecule has 0 bridgehead atoms. The second kappa shape index (κ2) is 6.54. The van der Waals surface area contributed by atoms with Gasteiger partial charge >= 0.3 is 0 Å². The van der Waals surface area contributed by atoms with Crippen LogP contribution in [0.5, 0.6) is 11.6 Å². The number of benzene rings is 1. The summed E-state index contributed by atoms with van der Waals surface area (Å²) in [6.07, 6.45) is 1.99. The molecule has 0 aliphatic heterocycles. The minimum absolute atomic E-state index is 0.275. The molecule has 6 heteroatoms. The molecule has 0 fully saturated rings. The Kier molecular flexibility index (Phi) is 4.76. The summed E-state index contributed by atoms with van der Waals surface area (Å²) in [5, 5.41) is 0.622. The number of ether oxygens (including phenoxy) is 2. The Bertz CT molecular complexity index is 592. The lowest BCUT2D eigenvalue weighted by Gasteiger charge is -2.16. The van der Waals surface area contributed by atoms with Crippen molar-refractivity contribution in [2.45, 2.75) is 12.5 Å². The molecule has 1 aromatic heterocycles. The predicted molar refractivity (Wildman–Crippen MR) is 77.2 cm³/mol. The summed E-state index contributed by atoms with van der Waals surface area (Å²) < 4.78 is 10.4. The molecule has 0 radical (unpaired) electrons. The second-order valence-corrected chi connectivity index (χ2v) is 4.69. The summed E-state index contributed by atoms with van der Waals surface area (Å²) >= 11 is 6.01. The molecule has 2 rings (SSSR count). The number of aromatic nitrogens is 2. The third-order valence-corrected chi connectivity index (χ3v) is 3.16. The fourth-order valence-corrected chi connectivity index (χ4v) is 2.11. The highest BCUT2D eigenvalue weighted by Crippen LogP contribution is 2.28. The van der Waals surface area contributed by atoms with Gasteiger partial charge in [-0.2, -0.15) is 0 Å². The van der Waals surface area contributed by atoms with Crippen molar-refractivity contribution in [1.82, 2.24) is 9.97 Å². The maximum absolute atomic E-state index is 6.22. The SMILES string of the molecule is COc1cc(CC(N)c2cc(Cl)ccc2OC)ncn1. The molecule has 0 saturated heterocycles. The van der Waals surface area contributed by atoms with Crippen molar-refractivity contribution < 1.29 is 9.47 Å². The number of nitrogens with zero attached hydrogens (tertiary/aromatic N) is 2. The molecule has 20 heavy (non-hydrogen) atoms. The van der Waals surface area contributed by atoms with E-state index in [0.717, 1.165) is 11.3 Å². The molecule has 5 nitrogen and oxygen atoms in total. The van der Waals surface area contributed by atoms with Gasteiger partial charge in [0.25, 0.3) is 0 Å². The minimum Gasteiger partial charge on any atom is -0.496 e. The smallest absolute Gasteiger partial charge is 0.216 e. The molecule has 1 aromatic carbocycles. The highest BCUT2D eigenvalue weighted by atomic mass is 35.5. The summed E-state index contributed by atoms with van der Waals surface area (Å²) in [4.78, 5) is 8.15. The summed E-state index contributed by atoms with van der Waals surface area (Å²) in [6.45, 7) is 0. The Balaban J connectivity index is 2.23. The van der Waals surface area contributed by atoms with Crippen LogP contribution in [0.25, 0.3) is 0 Å². The molecular weight excluding hydrogens is 278 g/mol. The molecule has 106 valence electrons. The summed E-state index contributed by atoms with van der Waals surface area (Å²) in [6, 6.07) is 6.87. The van der Waals surface area contributed by atoms with Crippen LogP contribution in [0, 0.1) is 0 Å². The lowest BCUT2D eigenvalue weighted by atomic mass is 10.0. The predicted octanol–water partition coefficient (Wildman–Crippen LogP) is 2.39. The van der Waals surface area contributed by atoms with Crippen LogP contribution in [0.4, 0.5) is 0 Å². The fourth-order valence-electron chi connectivity index (χ4n) is 1.93. The van der Waals surface area contributed by atoms with Crippen molar-refractivity contribution in [1.29, 1.82) is 0 Å². The Morgan fingerprint density at radius 3 is 2.70 bits per heavy atom. The normalized spacial score (nSPS) is 12.0.